The first kappa shape index (κ1) is 14.8. The molecule has 122 valence electrons. The molecule has 2 aliphatic rings. The Bertz CT molecular complexity index is 662. The van der Waals surface area contributed by atoms with Crippen LogP contribution in [0.2, 0.25) is 0 Å². The number of carbonyl (C=O) groups excluding carboxylic acids is 1. The molecule has 2 aromatic heterocycles. The molecule has 0 radical (unpaired) electrons. The average molecular weight is 331 g/mol. The molecule has 2 aromatic rings. The van der Waals surface area contributed by atoms with Crippen LogP contribution in [0.5, 0.6) is 0 Å². The molecule has 1 unspecified atom stereocenters. The van der Waals surface area contributed by atoms with Crippen molar-refractivity contribution in [2.75, 3.05) is 6.54 Å². The lowest BCUT2D eigenvalue weighted by atomic mass is 10.1. The van der Waals surface area contributed by atoms with E-state index in [4.69, 9.17) is 0 Å². The van der Waals surface area contributed by atoms with Gasteiger partial charge >= 0.3 is 0 Å². The molecule has 1 aliphatic carbocycles. The van der Waals surface area contributed by atoms with Gasteiger partial charge in [-0.1, -0.05) is 12.8 Å². The summed E-state index contributed by atoms with van der Waals surface area (Å²) in [5.74, 6) is 0.102. The molecule has 4 rings (SSSR count). The zero-order valence-electron chi connectivity index (χ0n) is 13.0. The number of amides is 1. The lowest BCUT2D eigenvalue weighted by Crippen LogP contribution is -2.46. The maximum Gasteiger partial charge on any atom is 0.246 e. The average Bonchev–Trinajstić information content (AvgIpc) is 3.28. The minimum absolute atomic E-state index is 0.102. The maximum absolute atomic E-state index is 12.8. The zero-order valence-corrected chi connectivity index (χ0v) is 13.8. The van der Waals surface area contributed by atoms with Gasteiger partial charge in [0.1, 0.15) is 11.0 Å². The van der Waals surface area contributed by atoms with Crippen LogP contribution in [0.4, 0.5) is 0 Å². The summed E-state index contributed by atoms with van der Waals surface area (Å²) in [6, 6.07) is 2.11. The van der Waals surface area contributed by atoms with Crippen molar-refractivity contribution in [2.24, 2.45) is 0 Å². The Labute approximate surface area is 139 Å². The first-order chi connectivity index (χ1) is 11.3. The molecule has 0 spiro atoms. The number of hydrogen-bond acceptors (Lipinski definition) is 5. The molecule has 1 saturated carbocycles. The number of thiazole rings is 1. The first-order valence-electron chi connectivity index (χ1n) is 8.23. The van der Waals surface area contributed by atoms with Crippen LogP contribution in [0, 0.1) is 0 Å². The van der Waals surface area contributed by atoms with E-state index in [1.807, 2.05) is 22.3 Å². The Balaban J connectivity index is 1.49. The summed E-state index contributed by atoms with van der Waals surface area (Å²) in [6.45, 7) is 2.29. The van der Waals surface area contributed by atoms with Crippen LogP contribution >= 0.6 is 11.3 Å². The van der Waals surface area contributed by atoms with E-state index in [1.54, 1.807) is 17.5 Å². The van der Waals surface area contributed by atoms with Crippen LogP contribution in [0.25, 0.3) is 0 Å². The number of fused-ring (bicyclic) bond motifs is 1. The van der Waals surface area contributed by atoms with E-state index in [0.717, 1.165) is 36.6 Å². The topological polar surface area (TPSA) is 63.1 Å². The van der Waals surface area contributed by atoms with E-state index in [0.29, 0.717) is 12.6 Å². The minimum Gasteiger partial charge on any atom is -0.351 e. The van der Waals surface area contributed by atoms with Crippen LogP contribution in [0.1, 0.15) is 42.4 Å². The standard InChI is InChI=1S/C16H21N5OS/c22-16(19-12-3-1-2-4-12)14-10-20(11-15-17-7-8-23-15)9-13-5-6-18-21(13)14/h5-8,12,14H,1-4,9-11H2,(H,19,22). The highest BCUT2D eigenvalue weighted by Gasteiger charge is 2.32. The fourth-order valence-electron chi connectivity index (χ4n) is 3.57. The molecule has 23 heavy (non-hydrogen) atoms. The number of carbonyl (C=O) groups is 1. The van der Waals surface area contributed by atoms with Crippen molar-refractivity contribution in [3.8, 4) is 0 Å². The molecule has 1 N–H and O–H groups in total. The Morgan fingerprint density at radius 2 is 2.22 bits per heavy atom. The zero-order chi connectivity index (χ0) is 15.6. The monoisotopic (exact) mass is 331 g/mol. The lowest BCUT2D eigenvalue weighted by Gasteiger charge is -2.33. The molecule has 1 atom stereocenters. The molecular formula is C16H21N5OS. The van der Waals surface area contributed by atoms with Crippen LogP contribution in [-0.4, -0.2) is 38.2 Å². The van der Waals surface area contributed by atoms with Gasteiger partial charge < -0.3 is 5.32 Å². The number of nitrogens with one attached hydrogen (secondary N) is 1. The highest BCUT2D eigenvalue weighted by Crippen LogP contribution is 2.24. The van der Waals surface area contributed by atoms with Crippen LogP contribution < -0.4 is 5.32 Å². The van der Waals surface area contributed by atoms with Gasteiger partial charge in [-0.25, -0.2) is 4.98 Å². The van der Waals surface area contributed by atoms with E-state index in [-0.39, 0.29) is 11.9 Å². The minimum atomic E-state index is -0.241. The normalized spacial score (nSPS) is 22.2. The fourth-order valence-corrected chi connectivity index (χ4v) is 4.22. The Hall–Kier alpha value is -1.73. The molecule has 1 amide bonds. The van der Waals surface area contributed by atoms with Gasteiger partial charge in [-0.2, -0.15) is 5.10 Å². The van der Waals surface area contributed by atoms with E-state index in [1.165, 1.54) is 12.8 Å². The van der Waals surface area contributed by atoms with Gasteiger partial charge in [-0.15, -0.1) is 11.3 Å². The summed E-state index contributed by atoms with van der Waals surface area (Å²) in [5, 5.41) is 10.7. The molecule has 0 bridgehead atoms. The molecule has 6 nitrogen and oxygen atoms in total. The second-order valence-electron chi connectivity index (χ2n) is 6.37. The Morgan fingerprint density at radius 3 is 3.00 bits per heavy atom. The molecule has 1 fully saturated rings. The van der Waals surface area contributed by atoms with Gasteiger partial charge in [-0.3, -0.25) is 14.4 Å². The fraction of sp³-hybridized carbons (Fsp3) is 0.562. The Morgan fingerprint density at radius 1 is 1.35 bits per heavy atom. The SMILES string of the molecule is O=C(NC1CCCC1)C1CN(Cc2nccs2)Cc2ccnn21. The van der Waals surface area contributed by atoms with Crippen LogP contribution in [0.15, 0.2) is 23.8 Å². The third-order valence-electron chi connectivity index (χ3n) is 4.71. The van der Waals surface area contributed by atoms with Gasteiger partial charge in [0, 0.05) is 36.9 Å². The summed E-state index contributed by atoms with van der Waals surface area (Å²) in [7, 11) is 0. The van der Waals surface area contributed by atoms with Crippen molar-refractivity contribution in [2.45, 2.75) is 50.9 Å². The summed E-state index contributed by atoms with van der Waals surface area (Å²) < 4.78 is 1.89. The quantitative estimate of drug-likeness (QED) is 0.930. The predicted molar refractivity (Wildman–Crippen MR) is 87.9 cm³/mol. The molecule has 0 saturated heterocycles. The van der Waals surface area contributed by atoms with Crippen LogP contribution in [0.3, 0.4) is 0 Å². The van der Waals surface area contributed by atoms with E-state index in [2.05, 4.69) is 20.3 Å². The van der Waals surface area contributed by atoms with Crippen molar-refractivity contribution in [1.82, 2.24) is 25.0 Å². The third-order valence-corrected chi connectivity index (χ3v) is 5.48. The van der Waals surface area contributed by atoms with E-state index in [9.17, 15) is 4.79 Å². The first-order valence-corrected chi connectivity index (χ1v) is 9.11. The van der Waals surface area contributed by atoms with Crippen LogP contribution in [-0.2, 0) is 17.9 Å². The molecular weight excluding hydrogens is 310 g/mol. The second kappa shape index (κ2) is 6.41. The van der Waals surface area contributed by atoms with Crippen molar-refractivity contribution in [3.05, 3.63) is 34.5 Å². The van der Waals surface area contributed by atoms with Crippen molar-refractivity contribution < 1.29 is 4.79 Å². The highest BCUT2D eigenvalue weighted by molar-refractivity contribution is 7.09. The number of aromatic nitrogens is 3. The molecule has 7 heteroatoms. The van der Waals surface area contributed by atoms with E-state index < -0.39 is 0 Å². The second-order valence-corrected chi connectivity index (χ2v) is 7.35. The molecule has 3 heterocycles. The summed E-state index contributed by atoms with van der Waals surface area (Å²) in [6.07, 6.45) is 8.27. The molecule has 0 aromatic carbocycles. The lowest BCUT2D eigenvalue weighted by molar-refractivity contribution is -0.126. The molecule has 1 aliphatic heterocycles. The maximum atomic E-state index is 12.8. The summed E-state index contributed by atoms with van der Waals surface area (Å²) >= 11 is 1.66. The van der Waals surface area contributed by atoms with Crippen molar-refractivity contribution >= 4 is 17.2 Å². The Kier molecular flexibility index (Phi) is 4.13. The third kappa shape index (κ3) is 3.16. The number of hydrogen-bond donors (Lipinski definition) is 1. The number of nitrogens with zero attached hydrogens (tertiary/aromatic N) is 4. The highest BCUT2D eigenvalue weighted by atomic mass is 32.1. The largest absolute Gasteiger partial charge is 0.351 e. The van der Waals surface area contributed by atoms with Crippen molar-refractivity contribution in [1.29, 1.82) is 0 Å². The predicted octanol–water partition coefficient (Wildman–Crippen LogP) is 1.96. The van der Waals surface area contributed by atoms with Gasteiger partial charge in [-0.05, 0) is 18.9 Å². The van der Waals surface area contributed by atoms with Gasteiger partial charge in [0.05, 0.1) is 12.2 Å². The van der Waals surface area contributed by atoms with Crippen molar-refractivity contribution in [3.63, 3.8) is 0 Å². The number of rotatable bonds is 4. The summed E-state index contributed by atoms with van der Waals surface area (Å²) in [4.78, 5) is 19.4. The van der Waals surface area contributed by atoms with E-state index >= 15 is 0 Å². The summed E-state index contributed by atoms with van der Waals surface area (Å²) in [5.41, 5.74) is 1.10. The van der Waals surface area contributed by atoms with Gasteiger partial charge in [0.25, 0.3) is 0 Å². The smallest absolute Gasteiger partial charge is 0.246 e. The van der Waals surface area contributed by atoms with Gasteiger partial charge in [0.15, 0.2) is 0 Å². The van der Waals surface area contributed by atoms with Gasteiger partial charge in [0.2, 0.25) is 5.91 Å².